The Kier molecular flexibility index (Phi) is 5.15. The summed E-state index contributed by atoms with van der Waals surface area (Å²) in [6.45, 7) is 6.81. The number of methoxy groups -OCH3 is 1. The van der Waals surface area contributed by atoms with Crippen molar-refractivity contribution in [1.82, 2.24) is 9.55 Å². The van der Waals surface area contributed by atoms with Gasteiger partial charge in [0.05, 0.1) is 30.9 Å². The molecule has 0 bridgehead atoms. The zero-order valence-electron chi connectivity index (χ0n) is 13.4. The van der Waals surface area contributed by atoms with E-state index in [4.69, 9.17) is 9.47 Å². The highest BCUT2D eigenvalue weighted by Gasteiger charge is 2.25. The molecule has 0 fully saturated rings. The minimum Gasteiger partial charge on any atom is -0.478 e. The molecular formula is C16H22N2O4. The zero-order valence-corrected chi connectivity index (χ0v) is 13.4. The summed E-state index contributed by atoms with van der Waals surface area (Å²) in [5.41, 5.74) is 1.67. The summed E-state index contributed by atoms with van der Waals surface area (Å²) in [5, 5.41) is 10.1. The van der Waals surface area contributed by atoms with Gasteiger partial charge in [-0.1, -0.05) is 0 Å². The van der Waals surface area contributed by atoms with Crippen molar-refractivity contribution >= 4 is 17.0 Å². The number of carbonyl (C=O) groups is 1. The van der Waals surface area contributed by atoms with E-state index >= 15 is 0 Å². The first-order valence-corrected chi connectivity index (χ1v) is 7.28. The van der Waals surface area contributed by atoms with Crippen LogP contribution in [-0.2, 0) is 9.47 Å². The molecule has 2 atom stereocenters. The number of carboxylic acid groups (broad SMARTS) is 1. The summed E-state index contributed by atoms with van der Waals surface area (Å²) >= 11 is 0. The topological polar surface area (TPSA) is 73.6 Å². The second kappa shape index (κ2) is 6.89. The maximum Gasteiger partial charge on any atom is 0.338 e. The summed E-state index contributed by atoms with van der Waals surface area (Å²) in [7, 11) is 1.63. The SMILES string of the molecule is COCCOC(C)C(C)n1c(C)c(C(=O)O)c2cccnc21. The monoisotopic (exact) mass is 306 g/mol. The third-order valence-corrected chi connectivity index (χ3v) is 3.98. The van der Waals surface area contributed by atoms with E-state index in [-0.39, 0.29) is 12.1 Å². The first-order chi connectivity index (χ1) is 10.5. The predicted molar refractivity (Wildman–Crippen MR) is 83.4 cm³/mol. The molecule has 0 spiro atoms. The Bertz CT molecular complexity index is 665. The van der Waals surface area contributed by atoms with Gasteiger partial charge in [0.25, 0.3) is 0 Å². The van der Waals surface area contributed by atoms with Gasteiger partial charge in [0.2, 0.25) is 0 Å². The predicted octanol–water partition coefficient (Wildman–Crippen LogP) is 2.66. The van der Waals surface area contributed by atoms with E-state index in [2.05, 4.69) is 4.98 Å². The highest BCUT2D eigenvalue weighted by molar-refractivity contribution is 6.04. The number of aromatic nitrogens is 2. The van der Waals surface area contributed by atoms with E-state index in [0.29, 0.717) is 35.5 Å². The van der Waals surface area contributed by atoms with E-state index in [9.17, 15) is 9.90 Å². The lowest BCUT2D eigenvalue weighted by Gasteiger charge is -2.24. The molecule has 2 aromatic heterocycles. The highest BCUT2D eigenvalue weighted by atomic mass is 16.5. The van der Waals surface area contributed by atoms with E-state index in [1.165, 1.54) is 0 Å². The second-order valence-electron chi connectivity index (χ2n) is 5.32. The van der Waals surface area contributed by atoms with Crippen molar-refractivity contribution in [2.45, 2.75) is 32.9 Å². The molecule has 0 radical (unpaired) electrons. The van der Waals surface area contributed by atoms with E-state index in [1.54, 1.807) is 25.4 Å². The molecule has 22 heavy (non-hydrogen) atoms. The van der Waals surface area contributed by atoms with Crippen molar-refractivity contribution in [3.63, 3.8) is 0 Å². The quantitative estimate of drug-likeness (QED) is 0.796. The molecule has 0 amide bonds. The lowest BCUT2D eigenvalue weighted by atomic mass is 10.1. The Morgan fingerprint density at radius 2 is 2.14 bits per heavy atom. The Hall–Kier alpha value is -1.92. The van der Waals surface area contributed by atoms with Crippen molar-refractivity contribution in [3.8, 4) is 0 Å². The van der Waals surface area contributed by atoms with Crippen molar-refractivity contribution in [1.29, 1.82) is 0 Å². The molecule has 6 nitrogen and oxygen atoms in total. The Morgan fingerprint density at radius 3 is 2.77 bits per heavy atom. The fourth-order valence-corrected chi connectivity index (χ4v) is 2.69. The highest BCUT2D eigenvalue weighted by Crippen LogP contribution is 2.29. The van der Waals surface area contributed by atoms with E-state index in [0.717, 1.165) is 0 Å². The molecule has 0 saturated heterocycles. The molecule has 0 aliphatic heterocycles. The van der Waals surface area contributed by atoms with Gasteiger partial charge in [-0.25, -0.2) is 9.78 Å². The molecule has 2 unspecified atom stereocenters. The standard InChI is InChI=1S/C16H22N2O4/c1-10(12(3)22-9-8-21-4)18-11(2)14(16(19)20)13-6-5-7-17-15(13)18/h5-7,10,12H,8-9H2,1-4H3,(H,19,20). The fraction of sp³-hybridized carbons (Fsp3) is 0.500. The van der Waals surface area contributed by atoms with Gasteiger partial charge in [-0.15, -0.1) is 0 Å². The first kappa shape index (κ1) is 16.5. The van der Waals surface area contributed by atoms with Crippen LogP contribution in [-0.4, -0.2) is 47.1 Å². The molecule has 2 rings (SSSR count). The molecular weight excluding hydrogens is 284 g/mol. The lowest BCUT2D eigenvalue weighted by Crippen LogP contribution is -2.24. The van der Waals surface area contributed by atoms with Gasteiger partial charge in [-0.2, -0.15) is 0 Å². The number of rotatable bonds is 7. The summed E-state index contributed by atoms with van der Waals surface area (Å²) in [6, 6.07) is 3.50. The lowest BCUT2D eigenvalue weighted by molar-refractivity contribution is 0.00433. The summed E-state index contributed by atoms with van der Waals surface area (Å²) in [5.74, 6) is -0.936. The van der Waals surface area contributed by atoms with E-state index in [1.807, 2.05) is 25.3 Å². The number of fused-ring (bicyclic) bond motifs is 1. The average molecular weight is 306 g/mol. The van der Waals surface area contributed by atoms with Gasteiger partial charge in [-0.3, -0.25) is 0 Å². The Balaban J connectivity index is 2.42. The minimum atomic E-state index is -0.936. The molecule has 0 aromatic carbocycles. The third kappa shape index (κ3) is 2.98. The van der Waals surface area contributed by atoms with Crippen LogP contribution in [0, 0.1) is 6.92 Å². The smallest absolute Gasteiger partial charge is 0.338 e. The first-order valence-electron chi connectivity index (χ1n) is 7.28. The van der Waals surface area contributed by atoms with Gasteiger partial charge in [0.15, 0.2) is 0 Å². The van der Waals surface area contributed by atoms with Crippen LogP contribution in [0.4, 0.5) is 0 Å². The van der Waals surface area contributed by atoms with E-state index < -0.39 is 5.97 Å². The number of carboxylic acids is 1. The van der Waals surface area contributed by atoms with Gasteiger partial charge >= 0.3 is 5.97 Å². The number of ether oxygens (including phenoxy) is 2. The van der Waals surface area contributed by atoms with Gasteiger partial charge in [0, 0.05) is 24.4 Å². The minimum absolute atomic E-state index is 0.0395. The molecule has 2 heterocycles. The Morgan fingerprint density at radius 1 is 1.41 bits per heavy atom. The number of hydrogen-bond acceptors (Lipinski definition) is 4. The van der Waals surface area contributed by atoms with Crippen LogP contribution in [0.3, 0.4) is 0 Å². The van der Waals surface area contributed by atoms with Crippen LogP contribution in [0.2, 0.25) is 0 Å². The third-order valence-electron chi connectivity index (χ3n) is 3.98. The largest absolute Gasteiger partial charge is 0.478 e. The van der Waals surface area contributed by atoms with Gasteiger partial charge < -0.3 is 19.1 Å². The molecule has 0 aliphatic rings. The van der Waals surface area contributed by atoms with Crippen molar-refractivity contribution < 1.29 is 19.4 Å². The van der Waals surface area contributed by atoms with Gasteiger partial charge in [-0.05, 0) is 32.9 Å². The van der Waals surface area contributed by atoms with Crippen LogP contribution in [0.15, 0.2) is 18.3 Å². The summed E-state index contributed by atoms with van der Waals surface area (Å²) < 4.78 is 12.7. The normalized spacial score (nSPS) is 14.2. The molecule has 120 valence electrons. The molecule has 1 N–H and O–H groups in total. The van der Waals surface area contributed by atoms with Gasteiger partial charge in [0.1, 0.15) is 5.65 Å². The number of nitrogens with zero attached hydrogens (tertiary/aromatic N) is 2. The summed E-state index contributed by atoms with van der Waals surface area (Å²) in [6.07, 6.45) is 1.58. The van der Waals surface area contributed by atoms with Crippen LogP contribution in [0.5, 0.6) is 0 Å². The molecule has 2 aromatic rings. The second-order valence-corrected chi connectivity index (χ2v) is 5.32. The summed E-state index contributed by atoms with van der Waals surface area (Å²) in [4.78, 5) is 15.9. The van der Waals surface area contributed by atoms with Crippen LogP contribution < -0.4 is 0 Å². The van der Waals surface area contributed by atoms with Crippen molar-refractivity contribution in [3.05, 3.63) is 29.6 Å². The van der Waals surface area contributed by atoms with Crippen molar-refractivity contribution in [2.24, 2.45) is 0 Å². The van der Waals surface area contributed by atoms with Crippen LogP contribution >= 0.6 is 0 Å². The maximum atomic E-state index is 11.6. The molecule has 6 heteroatoms. The number of aromatic carboxylic acids is 1. The fourth-order valence-electron chi connectivity index (χ4n) is 2.69. The molecule has 0 saturated carbocycles. The Labute approximate surface area is 129 Å². The molecule has 0 aliphatic carbocycles. The van der Waals surface area contributed by atoms with Crippen LogP contribution in [0.25, 0.3) is 11.0 Å². The van der Waals surface area contributed by atoms with Crippen molar-refractivity contribution in [2.75, 3.05) is 20.3 Å². The number of hydrogen-bond donors (Lipinski definition) is 1. The zero-order chi connectivity index (χ0) is 16.3. The maximum absolute atomic E-state index is 11.6. The van der Waals surface area contributed by atoms with Crippen LogP contribution in [0.1, 0.15) is 35.9 Å². The average Bonchev–Trinajstić information content (AvgIpc) is 2.78. The number of pyridine rings is 1.